The Hall–Kier alpha value is -1.27. The molecule has 2 rings (SSSR count). The molecule has 6 nitrogen and oxygen atoms in total. The van der Waals surface area contributed by atoms with E-state index in [1.165, 1.54) is 25.2 Å². The molecule has 0 heterocycles. The zero-order valence-electron chi connectivity index (χ0n) is 14.6. The summed E-state index contributed by atoms with van der Waals surface area (Å²) in [6.07, 6.45) is -0.240. The van der Waals surface area contributed by atoms with E-state index in [2.05, 4.69) is 5.32 Å². The Balaban J connectivity index is 2.23. The van der Waals surface area contributed by atoms with Gasteiger partial charge in [-0.3, -0.25) is 4.57 Å². The summed E-state index contributed by atoms with van der Waals surface area (Å²) < 4.78 is 22.5. The van der Waals surface area contributed by atoms with E-state index in [-0.39, 0.29) is 12.8 Å². The molecule has 0 atom stereocenters. The summed E-state index contributed by atoms with van der Waals surface area (Å²) in [4.78, 5) is 14.1. The van der Waals surface area contributed by atoms with Crippen molar-refractivity contribution in [3.8, 4) is 0 Å². The summed E-state index contributed by atoms with van der Waals surface area (Å²) in [7, 11) is -0.937. The van der Waals surface area contributed by atoms with Crippen LogP contribution in [0.5, 0.6) is 0 Å². The maximum Gasteiger partial charge on any atom is 0.349 e. The number of carbonyl (C=O) groups is 1. The van der Waals surface area contributed by atoms with Gasteiger partial charge in [0.2, 0.25) is 0 Å². The fraction of sp³-hybridized carbons (Fsp3) is 0.235. The normalized spacial score (nSPS) is 11.3. The lowest BCUT2D eigenvalue weighted by atomic mass is 10.2. The number of amides is 2. The fourth-order valence-corrected chi connectivity index (χ4v) is 3.62. The van der Waals surface area contributed by atoms with Crippen LogP contribution in [0.25, 0.3) is 0 Å². The molecular weight excluding hydrogens is 434 g/mol. The molecule has 0 aliphatic heterocycles. The highest BCUT2D eigenvalue weighted by molar-refractivity contribution is 7.53. The molecule has 0 saturated heterocycles. The first-order valence-electron chi connectivity index (χ1n) is 7.72. The maximum absolute atomic E-state index is 12.8. The lowest BCUT2D eigenvalue weighted by Crippen LogP contribution is -2.35. The van der Waals surface area contributed by atoms with Gasteiger partial charge in [-0.25, -0.2) is 4.79 Å². The third-order valence-electron chi connectivity index (χ3n) is 3.65. The molecule has 0 bridgehead atoms. The van der Waals surface area contributed by atoms with Crippen LogP contribution in [-0.4, -0.2) is 31.4 Å². The van der Waals surface area contributed by atoms with E-state index < -0.39 is 13.6 Å². The molecule has 0 spiro atoms. The second kappa shape index (κ2) is 9.78. The van der Waals surface area contributed by atoms with Crippen molar-refractivity contribution in [2.24, 2.45) is 0 Å². The average molecular weight is 452 g/mol. The summed E-state index contributed by atoms with van der Waals surface area (Å²) in [5.41, 5.74) is 1.24. The van der Waals surface area contributed by atoms with Crippen molar-refractivity contribution < 1.29 is 18.4 Å². The second-order valence-electron chi connectivity index (χ2n) is 5.50. The van der Waals surface area contributed by atoms with Crippen LogP contribution in [0.1, 0.15) is 5.56 Å². The van der Waals surface area contributed by atoms with Gasteiger partial charge in [0.25, 0.3) is 0 Å². The van der Waals surface area contributed by atoms with Gasteiger partial charge in [-0.1, -0.05) is 46.9 Å². The Bertz CT molecular complexity index is 841. The molecule has 1 N–H and O–H groups in total. The van der Waals surface area contributed by atoms with Crippen molar-refractivity contribution in [3.63, 3.8) is 0 Å². The number of rotatable bonds is 7. The molecule has 0 fully saturated rings. The lowest BCUT2D eigenvalue weighted by molar-refractivity contribution is 0.205. The first-order chi connectivity index (χ1) is 12.8. The molecule has 0 unspecified atom stereocenters. The molecule has 10 heteroatoms. The van der Waals surface area contributed by atoms with Gasteiger partial charge in [0.05, 0.1) is 10.0 Å². The molecule has 0 aliphatic carbocycles. The monoisotopic (exact) mass is 450 g/mol. The van der Waals surface area contributed by atoms with Crippen LogP contribution in [0.3, 0.4) is 0 Å². The molecule has 2 aromatic rings. The molecule has 146 valence electrons. The largest absolute Gasteiger partial charge is 0.349 e. The summed E-state index contributed by atoms with van der Waals surface area (Å²) in [6.45, 7) is 0.168. The van der Waals surface area contributed by atoms with Crippen molar-refractivity contribution in [3.05, 3.63) is 63.1 Å². The molecule has 0 aliphatic rings. The number of carbonyl (C=O) groups excluding carboxylic acids is 1. The van der Waals surface area contributed by atoms with Gasteiger partial charge in [0, 0.05) is 31.5 Å². The number of urea groups is 1. The molecule has 27 heavy (non-hydrogen) atoms. The smallest absolute Gasteiger partial charge is 0.311 e. The Morgan fingerprint density at radius 3 is 2.22 bits per heavy atom. The van der Waals surface area contributed by atoms with Crippen molar-refractivity contribution >= 4 is 54.1 Å². The van der Waals surface area contributed by atoms with Crippen molar-refractivity contribution in [2.45, 2.75) is 6.54 Å². The minimum atomic E-state index is -3.47. The molecule has 2 amide bonds. The highest BCUT2D eigenvalue weighted by atomic mass is 35.5. The number of halogens is 3. The van der Waals surface area contributed by atoms with Crippen LogP contribution in [0.2, 0.25) is 15.1 Å². The van der Waals surface area contributed by atoms with Gasteiger partial charge in [-0.2, -0.15) is 0 Å². The van der Waals surface area contributed by atoms with Crippen LogP contribution >= 0.6 is 42.4 Å². The Kier molecular flexibility index (Phi) is 7.98. The van der Waals surface area contributed by atoms with E-state index in [1.807, 2.05) is 0 Å². The number of nitrogens with one attached hydrogen (secondary N) is 1. The van der Waals surface area contributed by atoms with E-state index >= 15 is 0 Å². The van der Waals surface area contributed by atoms with Crippen LogP contribution in [0, 0.1) is 0 Å². The van der Waals surface area contributed by atoms with Gasteiger partial charge < -0.3 is 19.3 Å². The van der Waals surface area contributed by atoms with Gasteiger partial charge in [0.15, 0.2) is 0 Å². The lowest BCUT2D eigenvalue weighted by Gasteiger charge is -2.26. The van der Waals surface area contributed by atoms with E-state index in [1.54, 1.807) is 36.4 Å². The topological polar surface area (TPSA) is 67.9 Å². The van der Waals surface area contributed by atoms with Crippen LogP contribution in [0.15, 0.2) is 42.5 Å². The second-order valence-corrected chi connectivity index (χ2v) is 8.99. The highest BCUT2D eigenvalue weighted by Crippen LogP contribution is 2.47. The minimum Gasteiger partial charge on any atom is -0.311 e. The van der Waals surface area contributed by atoms with E-state index in [0.29, 0.717) is 20.8 Å². The quantitative estimate of drug-likeness (QED) is 0.515. The summed E-state index contributed by atoms with van der Waals surface area (Å²) >= 11 is 17.8. The SMILES string of the molecule is COP(=O)(CN(Cc1ccc(Cl)cc1)C(=O)Nc1ccc(Cl)c(Cl)c1)OC. The highest BCUT2D eigenvalue weighted by Gasteiger charge is 2.28. The van der Waals surface area contributed by atoms with Crippen LogP contribution < -0.4 is 5.32 Å². The summed E-state index contributed by atoms with van der Waals surface area (Å²) in [5.74, 6) is 0. The third-order valence-corrected chi connectivity index (χ3v) is 6.44. The number of hydrogen-bond donors (Lipinski definition) is 1. The molecule has 0 aromatic heterocycles. The standard InChI is InChI=1S/C17H18Cl3N2O4P/c1-25-27(24,26-2)11-22(10-12-3-5-13(18)6-4-12)17(23)21-14-7-8-15(19)16(20)9-14/h3-9H,10-11H2,1-2H3,(H,21,23). The van der Waals surface area contributed by atoms with Crippen LogP contribution in [0.4, 0.5) is 10.5 Å². The van der Waals surface area contributed by atoms with Gasteiger partial charge >= 0.3 is 13.6 Å². The van der Waals surface area contributed by atoms with Gasteiger partial charge in [-0.15, -0.1) is 0 Å². The van der Waals surface area contributed by atoms with Crippen molar-refractivity contribution in [1.29, 1.82) is 0 Å². The molecular formula is C17H18Cl3N2O4P. The molecule has 0 saturated carbocycles. The van der Waals surface area contributed by atoms with E-state index in [9.17, 15) is 9.36 Å². The average Bonchev–Trinajstić information content (AvgIpc) is 2.65. The molecule has 2 aromatic carbocycles. The third kappa shape index (κ3) is 6.39. The fourth-order valence-electron chi connectivity index (χ4n) is 2.17. The number of anilines is 1. The van der Waals surface area contributed by atoms with Crippen molar-refractivity contribution in [2.75, 3.05) is 25.8 Å². The molecule has 0 radical (unpaired) electrons. The zero-order valence-corrected chi connectivity index (χ0v) is 17.8. The predicted octanol–water partition coefficient (Wildman–Crippen LogP) is 6.12. The van der Waals surface area contributed by atoms with Crippen LogP contribution in [-0.2, 0) is 20.2 Å². The maximum atomic E-state index is 12.8. The van der Waals surface area contributed by atoms with E-state index in [0.717, 1.165) is 5.56 Å². The number of hydrogen-bond acceptors (Lipinski definition) is 4. The van der Waals surface area contributed by atoms with Crippen molar-refractivity contribution in [1.82, 2.24) is 4.90 Å². The zero-order chi connectivity index (χ0) is 20.0. The number of benzene rings is 2. The summed E-state index contributed by atoms with van der Waals surface area (Å²) in [5, 5.41) is 3.95. The van der Waals surface area contributed by atoms with E-state index in [4.69, 9.17) is 43.9 Å². The first kappa shape index (κ1) is 22.0. The first-order valence-corrected chi connectivity index (χ1v) is 10.6. The Morgan fingerprint density at radius 2 is 1.67 bits per heavy atom. The van der Waals surface area contributed by atoms with Gasteiger partial charge in [0.1, 0.15) is 6.29 Å². The minimum absolute atomic E-state index is 0.168. The predicted molar refractivity (Wildman–Crippen MR) is 109 cm³/mol. The Morgan fingerprint density at radius 1 is 1.04 bits per heavy atom. The number of nitrogens with zero attached hydrogens (tertiary/aromatic N) is 1. The summed E-state index contributed by atoms with van der Waals surface area (Å²) in [6, 6.07) is 11.2. The van der Waals surface area contributed by atoms with Gasteiger partial charge in [-0.05, 0) is 35.9 Å². The Labute approximate surface area is 172 Å².